The zero-order valence-corrected chi connectivity index (χ0v) is 21.1. The number of imidazole rings is 1. The Kier molecular flexibility index (Phi) is 7.06. The fraction of sp³-hybridized carbons (Fsp3) is 0.577. The Morgan fingerprint density at radius 2 is 1.91 bits per heavy atom. The van der Waals surface area contributed by atoms with Crippen molar-refractivity contribution in [3.63, 3.8) is 0 Å². The number of rotatable bonds is 11. The van der Waals surface area contributed by atoms with E-state index in [4.69, 9.17) is 9.72 Å². The van der Waals surface area contributed by atoms with Gasteiger partial charge in [-0.25, -0.2) is 9.78 Å². The Morgan fingerprint density at radius 3 is 2.60 bits per heavy atom. The minimum atomic E-state index is -0.0292. The van der Waals surface area contributed by atoms with Gasteiger partial charge >= 0.3 is 5.69 Å². The molecule has 0 radical (unpaired) electrons. The SMILES string of the molecule is CCCCNc1ncc2c(n1)n(Cc1ccc(OC)cc1)c(=O)n2CCCN1CC2CC1CN2C. The van der Waals surface area contributed by atoms with Crippen LogP contribution in [0.1, 0.15) is 38.2 Å². The second-order valence-corrected chi connectivity index (χ2v) is 9.88. The van der Waals surface area contributed by atoms with E-state index in [0.29, 0.717) is 36.8 Å². The molecule has 5 rings (SSSR count). The number of unbranched alkanes of at least 4 members (excludes halogenated alkanes) is 1. The monoisotopic (exact) mass is 479 g/mol. The van der Waals surface area contributed by atoms with Gasteiger partial charge in [0.1, 0.15) is 11.3 Å². The molecule has 2 unspecified atom stereocenters. The summed E-state index contributed by atoms with van der Waals surface area (Å²) in [7, 11) is 3.88. The van der Waals surface area contributed by atoms with E-state index in [1.807, 2.05) is 28.8 Å². The molecule has 9 nitrogen and oxygen atoms in total. The lowest BCUT2D eigenvalue weighted by Crippen LogP contribution is -2.45. The molecule has 1 N–H and O–H groups in total. The van der Waals surface area contributed by atoms with Crippen LogP contribution in [-0.2, 0) is 13.1 Å². The summed E-state index contributed by atoms with van der Waals surface area (Å²) in [6, 6.07) is 9.20. The van der Waals surface area contributed by atoms with E-state index >= 15 is 0 Å². The molecule has 0 saturated carbocycles. The van der Waals surface area contributed by atoms with E-state index in [2.05, 4.69) is 34.1 Å². The molecule has 0 aliphatic carbocycles. The summed E-state index contributed by atoms with van der Waals surface area (Å²) in [5.74, 6) is 1.37. The number of piperazine rings is 1. The van der Waals surface area contributed by atoms with Crippen LogP contribution in [0.5, 0.6) is 5.75 Å². The smallest absolute Gasteiger partial charge is 0.330 e. The first kappa shape index (κ1) is 23.8. The summed E-state index contributed by atoms with van der Waals surface area (Å²) in [4.78, 5) is 27.9. The van der Waals surface area contributed by atoms with Gasteiger partial charge in [0.25, 0.3) is 0 Å². The lowest BCUT2D eigenvalue weighted by Gasteiger charge is -2.31. The molecule has 2 bridgehead atoms. The molecule has 2 aliphatic rings. The highest BCUT2D eigenvalue weighted by molar-refractivity contribution is 5.72. The fourth-order valence-electron chi connectivity index (χ4n) is 5.48. The summed E-state index contributed by atoms with van der Waals surface area (Å²) in [6.07, 6.45) is 6.16. The first-order chi connectivity index (χ1) is 17.1. The van der Waals surface area contributed by atoms with E-state index in [9.17, 15) is 4.79 Å². The minimum Gasteiger partial charge on any atom is -0.497 e. The first-order valence-corrected chi connectivity index (χ1v) is 12.8. The molecule has 3 aromatic rings. The third-order valence-corrected chi connectivity index (χ3v) is 7.53. The van der Waals surface area contributed by atoms with Gasteiger partial charge < -0.3 is 15.0 Å². The highest BCUT2D eigenvalue weighted by Crippen LogP contribution is 2.29. The fourth-order valence-corrected chi connectivity index (χ4v) is 5.48. The quantitative estimate of drug-likeness (QED) is 0.424. The van der Waals surface area contributed by atoms with Gasteiger partial charge in [0, 0.05) is 44.8 Å². The molecular weight excluding hydrogens is 442 g/mol. The normalized spacial score (nSPS) is 20.2. The third-order valence-electron chi connectivity index (χ3n) is 7.53. The number of aryl methyl sites for hydroxylation is 1. The summed E-state index contributed by atoms with van der Waals surface area (Å²) >= 11 is 0. The van der Waals surface area contributed by atoms with Crippen molar-refractivity contribution >= 4 is 17.1 Å². The van der Waals surface area contributed by atoms with Crippen LogP contribution in [0, 0.1) is 0 Å². The van der Waals surface area contributed by atoms with Crippen LogP contribution in [0.15, 0.2) is 35.3 Å². The second-order valence-electron chi connectivity index (χ2n) is 9.88. The molecule has 2 saturated heterocycles. The lowest BCUT2D eigenvalue weighted by molar-refractivity contribution is 0.147. The number of benzene rings is 1. The molecule has 0 amide bonds. The molecule has 2 aromatic heterocycles. The van der Waals surface area contributed by atoms with Gasteiger partial charge in [0.05, 0.1) is 19.9 Å². The van der Waals surface area contributed by atoms with Crippen LogP contribution < -0.4 is 15.7 Å². The summed E-state index contributed by atoms with van der Waals surface area (Å²) in [5, 5.41) is 3.30. The second kappa shape index (κ2) is 10.4. The maximum Gasteiger partial charge on any atom is 0.330 e. The molecule has 2 fully saturated rings. The standard InChI is InChI=1S/C26H37N7O2/c1-4-5-11-27-25-28-15-23-24(29-25)33(16-19-7-9-22(35-3)10-8-19)26(34)32(23)13-6-12-31-18-20-14-21(31)17-30(20)2/h7-10,15,20-21H,4-6,11-14,16-18H2,1-3H3,(H,27,28,29). The highest BCUT2D eigenvalue weighted by atomic mass is 16.5. The molecule has 188 valence electrons. The summed E-state index contributed by atoms with van der Waals surface area (Å²) in [5.41, 5.74) is 2.48. The van der Waals surface area contributed by atoms with Gasteiger partial charge in [-0.2, -0.15) is 4.98 Å². The molecular formula is C26H37N7O2. The van der Waals surface area contributed by atoms with Crippen molar-refractivity contribution in [1.82, 2.24) is 28.9 Å². The molecule has 2 aliphatic heterocycles. The molecule has 0 spiro atoms. The molecule has 2 atom stereocenters. The average Bonchev–Trinajstić information content (AvgIpc) is 3.51. The largest absolute Gasteiger partial charge is 0.497 e. The van der Waals surface area contributed by atoms with Crippen molar-refractivity contribution in [2.24, 2.45) is 0 Å². The van der Waals surface area contributed by atoms with Gasteiger partial charge in [0.15, 0.2) is 5.65 Å². The number of methoxy groups -OCH3 is 1. The number of aromatic nitrogens is 4. The molecule has 4 heterocycles. The maximum atomic E-state index is 13.6. The van der Waals surface area contributed by atoms with Crippen molar-refractivity contribution < 1.29 is 4.74 Å². The van der Waals surface area contributed by atoms with E-state index in [-0.39, 0.29) is 5.69 Å². The van der Waals surface area contributed by atoms with Crippen molar-refractivity contribution in [2.45, 2.75) is 57.8 Å². The highest BCUT2D eigenvalue weighted by Gasteiger charge is 2.40. The zero-order valence-electron chi connectivity index (χ0n) is 21.1. The maximum absolute atomic E-state index is 13.6. The van der Waals surface area contributed by atoms with Gasteiger partial charge in [0.2, 0.25) is 5.95 Å². The number of hydrogen-bond acceptors (Lipinski definition) is 7. The Balaban J connectivity index is 1.38. The predicted octanol–water partition coefficient (Wildman–Crippen LogP) is 2.64. The number of ether oxygens (including phenoxy) is 1. The van der Waals surface area contributed by atoms with Crippen LogP contribution in [0.3, 0.4) is 0 Å². The van der Waals surface area contributed by atoms with Crippen molar-refractivity contribution in [1.29, 1.82) is 0 Å². The average molecular weight is 480 g/mol. The van der Waals surface area contributed by atoms with Crippen molar-refractivity contribution in [3.05, 3.63) is 46.5 Å². The van der Waals surface area contributed by atoms with E-state index < -0.39 is 0 Å². The topological polar surface area (TPSA) is 80.4 Å². The van der Waals surface area contributed by atoms with Crippen molar-refractivity contribution in [2.75, 3.05) is 45.7 Å². The Bertz CT molecular complexity index is 1200. The van der Waals surface area contributed by atoms with Crippen molar-refractivity contribution in [3.8, 4) is 5.75 Å². The van der Waals surface area contributed by atoms with Crippen LogP contribution >= 0.6 is 0 Å². The molecule has 35 heavy (non-hydrogen) atoms. The summed E-state index contributed by atoms with van der Waals surface area (Å²) in [6.45, 7) is 7.42. The van der Waals surface area contributed by atoms with E-state index in [1.54, 1.807) is 17.9 Å². The number of fused-ring (bicyclic) bond motifs is 3. The van der Waals surface area contributed by atoms with Gasteiger partial charge in [-0.15, -0.1) is 0 Å². The number of nitrogens with one attached hydrogen (secondary N) is 1. The van der Waals surface area contributed by atoms with Crippen LogP contribution in [0.2, 0.25) is 0 Å². The first-order valence-electron chi connectivity index (χ1n) is 12.8. The van der Waals surface area contributed by atoms with E-state index in [1.165, 1.54) is 6.42 Å². The number of nitrogens with zero attached hydrogens (tertiary/aromatic N) is 6. The Labute approximate surface area is 206 Å². The van der Waals surface area contributed by atoms with Crippen LogP contribution in [-0.4, -0.2) is 81.3 Å². The number of likely N-dealkylation sites (N-methyl/N-ethyl adjacent to an activating group) is 1. The van der Waals surface area contributed by atoms with Gasteiger partial charge in [-0.05, 0) is 44.0 Å². The van der Waals surface area contributed by atoms with Crippen LogP contribution in [0.25, 0.3) is 11.2 Å². The van der Waals surface area contributed by atoms with E-state index in [0.717, 1.165) is 62.3 Å². The van der Waals surface area contributed by atoms with Crippen LogP contribution in [0.4, 0.5) is 5.95 Å². The molecule has 9 heteroatoms. The third kappa shape index (κ3) is 4.92. The lowest BCUT2D eigenvalue weighted by atomic mass is 10.2. The van der Waals surface area contributed by atoms with Gasteiger partial charge in [-0.1, -0.05) is 25.5 Å². The predicted molar refractivity (Wildman–Crippen MR) is 138 cm³/mol. The molecule has 1 aromatic carbocycles. The van der Waals surface area contributed by atoms with Gasteiger partial charge in [-0.3, -0.25) is 14.0 Å². The Morgan fingerprint density at radius 1 is 1.09 bits per heavy atom. The minimum absolute atomic E-state index is 0.0292. The number of hydrogen-bond donors (Lipinski definition) is 1. The number of likely N-dealkylation sites (tertiary alicyclic amines) is 2. The Hall–Kier alpha value is -2.91. The zero-order chi connectivity index (χ0) is 24.4. The summed E-state index contributed by atoms with van der Waals surface area (Å²) < 4.78 is 8.91. The number of anilines is 1.